The summed E-state index contributed by atoms with van der Waals surface area (Å²) in [7, 11) is 0. The highest BCUT2D eigenvalue weighted by Crippen LogP contribution is 2.18. The summed E-state index contributed by atoms with van der Waals surface area (Å²) in [6.07, 6.45) is 2.19. The molecule has 2 unspecified atom stereocenters. The summed E-state index contributed by atoms with van der Waals surface area (Å²) < 4.78 is 13.0. The predicted octanol–water partition coefficient (Wildman–Crippen LogP) is 2.25. The summed E-state index contributed by atoms with van der Waals surface area (Å²) in [5.74, 6) is -0.00978. The first kappa shape index (κ1) is 17.9. The third-order valence-electron chi connectivity index (χ3n) is 3.76. The van der Waals surface area contributed by atoms with E-state index in [1.807, 2.05) is 6.92 Å². The number of likely N-dealkylation sites (tertiary alicyclic amines) is 1. The van der Waals surface area contributed by atoms with Gasteiger partial charge in [-0.05, 0) is 50.4 Å². The van der Waals surface area contributed by atoms with Crippen LogP contribution in [0.5, 0.6) is 0 Å². The van der Waals surface area contributed by atoms with Crippen LogP contribution in [-0.2, 0) is 4.79 Å². The molecule has 1 heterocycles. The van der Waals surface area contributed by atoms with Crippen LogP contribution in [0.15, 0.2) is 24.3 Å². The van der Waals surface area contributed by atoms with E-state index < -0.39 is 0 Å². The van der Waals surface area contributed by atoms with E-state index in [0.29, 0.717) is 18.2 Å². The van der Waals surface area contributed by atoms with E-state index >= 15 is 0 Å². The Morgan fingerprint density at radius 3 is 3.00 bits per heavy atom. The largest absolute Gasteiger partial charge is 0.328 e. The molecule has 1 fully saturated rings. The molecule has 0 spiro atoms. The average Bonchev–Trinajstić information content (AvgIpc) is 2.38. The Labute approximate surface area is 131 Å². The van der Waals surface area contributed by atoms with Crippen LogP contribution in [-0.4, -0.2) is 36.5 Å². The number of hydrogen-bond acceptors (Lipinski definition) is 3. The highest BCUT2D eigenvalue weighted by atomic mass is 35.5. The molecule has 3 N–H and O–H groups in total. The lowest BCUT2D eigenvalue weighted by molar-refractivity contribution is -0.117. The van der Waals surface area contributed by atoms with Crippen molar-refractivity contribution >= 4 is 24.0 Å². The predicted molar refractivity (Wildman–Crippen MR) is 85.1 cm³/mol. The molecule has 4 nitrogen and oxygen atoms in total. The summed E-state index contributed by atoms with van der Waals surface area (Å²) in [6.45, 7) is 4.12. The molecule has 6 heteroatoms. The van der Waals surface area contributed by atoms with Crippen molar-refractivity contribution in [3.63, 3.8) is 0 Å². The fourth-order valence-electron chi connectivity index (χ4n) is 2.63. The molecule has 0 aromatic heterocycles. The zero-order valence-corrected chi connectivity index (χ0v) is 13.0. The zero-order valence-electron chi connectivity index (χ0n) is 12.2. The maximum absolute atomic E-state index is 13.0. The summed E-state index contributed by atoms with van der Waals surface area (Å²) in [5, 5.41) is 2.72. The van der Waals surface area contributed by atoms with Gasteiger partial charge in [-0.15, -0.1) is 12.4 Å². The number of carbonyl (C=O) groups excluding carboxylic acids is 1. The van der Waals surface area contributed by atoms with E-state index in [-0.39, 0.29) is 30.2 Å². The first-order valence-corrected chi connectivity index (χ1v) is 7.08. The molecule has 1 aliphatic heterocycles. The third-order valence-corrected chi connectivity index (χ3v) is 3.76. The molecule has 0 aliphatic carbocycles. The second-order valence-electron chi connectivity index (χ2n) is 5.56. The molecule has 2 atom stereocenters. The quantitative estimate of drug-likeness (QED) is 0.896. The normalized spacial score (nSPS) is 20.4. The number of anilines is 1. The molecule has 1 aromatic carbocycles. The Kier molecular flexibility index (Phi) is 7.08. The summed E-state index contributed by atoms with van der Waals surface area (Å²) in [4.78, 5) is 14.1. The molecule has 118 valence electrons. The number of rotatable bonds is 4. The molecule has 0 bridgehead atoms. The van der Waals surface area contributed by atoms with E-state index in [0.717, 1.165) is 25.9 Å². The molecule has 2 rings (SSSR count). The first-order chi connectivity index (χ1) is 9.54. The minimum Gasteiger partial charge on any atom is -0.328 e. The van der Waals surface area contributed by atoms with Crippen LogP contribution < -0.4 is 11.1 Å². The Morgan fingerprint density at radius 1 is 1.57 bits per heavy atom. The van der Waals surface area contributed by atoms with Crippen LogP contribution in [0.3, 0.4) is 0 Å². The second-order valence-corrected chi connectivity index (χ2v) is 5.56. The molecule has 0 radical (unpaired) electrons. The van der Waals surface area contributed by atoms with Crippen molar-refractivity contribution in [3.8, 4) is 0 Å². The zero-order chi connectivity index (χ0) is 14.5. The van der Waals surface area contributed by atoms with Crippen LogP contribution in [0, 0.1) is 11.7 Å². The molecule has 21 heavy (non-hydrogen) atoms. The maximum Gasteiger partial charge on any atom is 0.238 e. The summed E-state index contributed by atoms with van der Waals surface area (Å²) in [5.41, 5.74) is 6.43. The Hall–Kier alpha value is -1.17. The SMILES string of the molecule is CC(N)C1CCCN(CC(=O)Nc2cccc(F)c2)C1.Cl. The number of halogens is 2. The highest BCUT2D eigenvalue weighted by molar-refractivity contribution is 5.92. The van der Waals surface area contributed by atoms with Gasteiger partial charge in [-0.2, -0.15) is 0 Å². The second kappa shape index (κ2) is 8.32. The number of nitrogens with one attached hydrogen (secondary N) is 1. The minimum atomic E-state index is -0.349. The van der Waals surface area contributed by atoms with Gasteiger partial charge in [0.05, 0.1) is 6.54 Å². The van der Waals surface area contributed by atoms with Gasteiger partial charge in [0.15, 0.2) is 0 Å². The lowest BCUT2D eigenvalue weighted by Crippen LogP contribution is -2.45. The van der Waals surface area contributed by atoms with Crippen LogP contribution in [0.25, 0.3) is 0 Å². The minimum absolute atomic E-state index is 0. The van der Waals surface area contributed by atoms with Crippen molar-refractivity contribution in [1.82, 2.24) is 4.90 Å². The van der Waals surface area contributed by atoms with Gasteiger partial charge in [0.1, 0.15) is 5.82 Å². The van der Waals surface area contributed by atoms with Gasteiger partial charge < -0.3 is 11.1 Å². The summed E-state index contributed by atoms with van der Waals surface area (Å²) in [6, 6.07) is 6.09. The molecule has 1 amide bonds. The number of benzene rings is 1. The van der Waals surface area contributed by atoms with Crippen LogP contribution in [0.2, 0.25) is 0 Å². The van der Waals surface area contributed by atoms with Crippen molar-refractivity contribution in [3.05, 3.63) is 30.1 Å². The topological polar surface area (TPSA) is 58.4 Å². The van der Waals surface area contributed by atoms with E-state index in [1.54, 1.807) is 12.1 Å². The molecular formula is C15H23ClFN3O. The number of carbonyl (C=O) groups is 1. The highest BCUT2D eigenvalue weighted by Gasteiger charge is 2.23. The first-order valence-electron chi connectivity index (χ1n) is 7.08. The summed E-state index contributed by atoms with van der Waals surface area (Å²) >= 11 is 0. The average molecular weight is 316 g/mol. The van der Waals surface area contributed by atoms with E-state index in [4.69, 9.17) is 5.73 Å². The number of nitrogens with two attached hydrogens (primary N) is 1. The Bertz CT molecular complexity index is 470. The molecule has 1 aromatic rings. The molecular weight excluding hydrogens is 293 g/mol. The van der Waals surface area contributed by atoms with Crippen LogP contribution in [0.1, 0.15) is 19.8 Å². The molecule has 1 saturated heterocycles. The van der Waals surface area contributed by atoms with Gasteiger partial charge in [0.25, 0.3) is 0 Å². The fraction of sp³-hybridized carbons (Fsp3) is 0.533. The van der Waals surface area contributed by atoms with Gasteiger partial charge in [0, 0.05) is 18.3 Å². The van der Waals surface area contributed by atoms with Crippen molar-refractivity contribution in [2.75, 3.05) is 25.0 Å². The van der Waals surface area contributed by atoms with Gasteiger partial charge in [-0.25, -0.2) is 4.39 Å². The maximum atomic E-state index is 13.0. The monoisotopic (exact) mass is 315 g/mol. The third kappa shape index (κ3) is 5.61. The van der Waals surface area contributed by atoms with Gasteiger partial charge in [-0.1, -0.05) is 6.07 Å². The Morgan fingerprint density at radius 2 is 2.33 bits per heavy atom. The van der Waals surface area contributed by atoms with Gasteiger partial charge >= 0.3 is 0 Å². The van der Waals surface area contributed by atoms with E-state index in [9.17, 15) is 9.18 Å². The van der Waals surface area contributed by atoms with Crippen LogP contribution >= 0.6 is 12.4 Å². The van der Waals surface area contributed by atoms with Crippen molar-refractivity contribution < 1.29 is 9.18 Å². The number of piperidine rings is 1. The fourth-order valence-corrected chi connectivity index (χ4v) is 2.63. The van der Waals surface area contributed by atoms with Crippen molar-refractivity contribution in [2.24, 2.45) is 11.7 Å². The Balaban J connectivity index is 0.00000220. The van der Waals surface area contributed by atoms with E-state index in [2.05, 4.69) is 10.2 Å². The smallest absolute Gasteiger partial charge is 0.238 e. The van der Waals surface area contributed by atoms with Crippen molar-refractivity contribution in [2.45, 2.75) is 25.8 Å². The lowest BCUT2D eigenvalue weighted by Gasteiger charge is -2.34. The van der Waals surface area contributed by atoms with Crippen molar-refractivity contribution in [1.29, 1.82) is 0 Å². The molecule has 1 aliphatic rings. The lowest BCUT2D eigenvalue weighted by atomic mass is 9.92. The number of amides is 1. The standard InChI is InChI=1S/C15H22FN3O.ClH/c1-11(17)12-4-3-7-19(9-12)10-15(20)18-14-6-2-5-13(16)8-14;/h2,5-6,8,11-12H,3-4,7,9-10,17H2,1H3,(H,18,20);1H. The molecule has 0 saturated carbocycles. The van der Waals surface area contributed by atoms with Gasteiger partial charge in [0.2, 0.25) is 5.91 Å². The van der Waals surface area contributed by atoms with E-state index in [1.165, 1.54) is 12.1 Å². The number of hydrogen-bond donors (Lipinski definition) is 2. The number of nitrogens with zero attached hydrogens (tertiary/aromatic N) is 1. The van der Waals surface area contributed by atoms with Crippen LogP contribution in [0.4, 0.5) is 10.1 Å². The van der Waals surface area contributed by atoms with Gasteiger partial charge in [-0.3, -0.25) is 9.69 Å².